The van der Waals surface area contributed by atoms with E-state index in [1.165, 1.54) is 0 Å². The number of nitrogens with zero attached hydrogens (tertiary/aromatic N) is 1. The molecule has 0 saturated carbocycles. The van der Waals surface area contributed by atoms with Gasteiger partial charge in [-0.15, -0.1) is 0 Å². The summed E-state index contributed by atoms with van der Waals surface area (Å²) in [6.07, 6.45) is 0. The van der Waals surface area contributed by atoms with Gasteiger partial charge >= 0.3 is 0 Å². The Bertz CT molecular complexity index is 496. The number of hydrogen-bond donors (Lipinski definition) is 2. The molecular formula is C11H12ClN3O. The van der Waals surface area contributed by atoms with Crippen molar-refractivity contribution in [3.05, 3.63) is 35.0 Å². The van der Waals surface area contributed by atoms with Crippen LogP contribution in [-0.2, 0) is 6.54 Å². The molecule has 0 aliphatic heterocycles. The van der Waals surface area contributed by atoms with Crippen molar-refractivity contribution in [3.63, 3.8) is 0 Å². The average molecular weight is 238 g/mol. The molecule has 1 aromatic heterocycles. The second-order valence-electron chi connectivity index (χ2n) is 3.33. The molecule has 0 unspecified atom stereocenters. The number of benzene rings is 1. The molecule has 16 heavy (non-hydrogen) atoms. The Morgan fingerprint density at radius 2 is 2.25 bits per heavy atom. The van der Waals surface area contributed by atoms with Crippen LogP contribution in [0.1, 0.15) is 5.69 Å². The summed E-state index contributed by atoms with van der Waals surface area (Å²) < 4.78 is 5.08. The molecule has 0 amide bonds. The largest absolute Gasteiger partial charge is 0.495 e. The van der Waals surface area contributed by atoms with Crippen LogP contribution in [0, 0.1) is 0 Å². The number of halogens is 1. The topological polar surface area (TPSA) is 63.9 Å². The number of aromatic amines is 1. The number of ether oxygens (including phenoxy) is 1. The Labute approximate surface area is 98.4 Å². The lowest BCUT2D eigenvalue weighted by Crippen LogP contribution is -1.95. The third kappa shape index (κ3) is 2.03. The van der Waals surface area contributed by atoms with E-state index in [4.69, 9.17) is 22.1 Å². The van der Waals surface area contributed by atoms with Crippen molar-refractivity contribution in [2.75, 3.05) is 7.11 Å². The number of nitrogens with two attached hydrogens (primary N) is 1. The molecule has 0 spiro atoms. The molecule has 4 nitrogen and oxygen atoms in total. The lowest BCUT2D eigenvalue weighted by molar-refractivity contribution is 0.415. The molecule has 0 radical (unpaired) electrons. The maximum Gasteiger partial charge on any atom is 0.137 e. The van der Waals surface area contributed by atoms with Crippen molar-refractivity contribution < 1.29 is 4.74 Å². The summed E-state index contributed by atoms with van der Waals surface area (Å²) in [5.74, 6) is 0.653. The van der Waals surface area contributed by atoms with E-state index in [-0.39, 0.29) is 0 Å². The lowest BCUT2D eigenvalue weighted by atomic mass is 10.1. The second-order valence-corrected chi connectivity index (χ2v) is 3.74. The van der Waals surface area contributed by atoms with E-state index in [0.717, 1.165) is 17.0 Å². The first-order chi connectivity index (χ1) is 7.74. The minimum atomic E-state index is 0.441. The van der Waals surface area contributed by atoms with Crippen LogP contribution < -0.4 is 10.5 Å². The summed E-state index contributed by atoms with van der Waals surface area (Å²) in [5, 5.41) is 7.57. The van der Waals surface area contributed by atoms with Gasteiger partial charge in [0.1, 0.15) is 5.75 Å². The van der Waals surface area contributed by atoms with Crippen molar-refractivity contribution in [2.45, 2.75) is 6.54 Å². The van der Waals surface area contributed by atoms with Gasteiger partial charge in [-0.2, -0.15) is 5.10 Å². The van der Waals surface area contributed by atoms with Crippen LogP contribution in [0.2, 0.25) is 5.02 Å². The number of rotatable bonds is 3. The Morgan fingerprint density at radius 1 is 1.44 bits per heavy atom. The molecule has 3 N–H and O–H groups in total. The maximum atomic E-state index is 6.03. The molecule has 0 bridgehead atoms. The van der Waals surface area contributed by atoms with Gasteiger partial charge in [-0.05, 0) is 24.3 Å². The van der Waals surface area contributed by atoms with E-state index in [1.807, 2.05) is 24.3 Å². The van der Waals surface area contributed by atoms with E-state index in [2.05, 4.69) is 10.2 Å². The predicted octanol–water partition coefficient (Wildman–Crippen LogP) is 2.20. The van der Waals surface area contributed by atoms with Crippen LogP contribution in [0.15, 0.2) is 24.3 Å². The SMILES string of the molecule is COc1ccc(-c2cc(CN)[nH]n2)cc1Cl. The fourth-order valence-corrected chi connectivity index (χ4v) is 1.70. The average Bonchev–Trinajstić information content (AvgIpc) is 2.77. The van der Waals surface area contributed by atoms with Crippen LogP contribution in [0.4, 0.5) is 0 Å². The number of hydrogen-bond acceptors (Lipinski definition) is 3. The third-order valence-electron chi connectivity index (χ3n) is 2.30. The quantitative estimate of drug-likeness (QED) is 0.860. The highest BCUT2D eigenvalue weighted by atomic mass is 35.5. The van der Waals surface area contributed by atoms with Gasteiger partial charge in [-0.3, -0.25) is 5.10 Å². The highest BCUT2D eigenvalue weighted by Gasteiger charge is 2.06. The normalized spacial score (nSPS) is 10.4. The Kier molecular flexibility index (Phi) is 3.12. The zero-order valence-corrected chi connectivity index (χ0v) is 9.58. The van der Waals surface area contributed by atoms with E-state index >= 15 is 0 Å². The minimum Gasteiger partial charge on any atom is -0.495 e. The summed E-state index contributed by atoms with van der Waals surface area (Å²) in [6.45, 7) is 0.441. The standard InChI is InChI=1S/C11H12ClN3O/c1-16-11-3-2-7(4-9(11)12)10-5-8(6-13)14-15-10/h2-5H,6,13H2,1H3,(H,14,15). The number of methoxy groups -OCH3 is 1. The van der Waals surface area contributed by atoms with Crippen molar-refractivity contribution in [2.24, 2.45) is 5.73 Å². The highest BCUT2D eigenvalue weighted by molar-refractivity contribution is 6.32. The fourth-order valence-electron chi connectivity index (χ4n) is 1.44. The molecule has 84 valence electrons. The Hall–Kier alpha value is -1.52. The van der Waals surface area contributed by atoms with Crippen LogP contribution in [-0.4, -0.2) is 17.3 Å². The van der Waals surface area contributed by atoms with Gasteiger partial charge < -0.3 is 10.5 Å². The van der Waals surface area contributed by atoms with E-state index in [1.54, 1.807) is 7.11 Å². The molecule has 0 atom stereocenters. The van der Waals surface area contributed by atoms with Gasteiger partial charge in [0.15, 0.2) is 0 Å². The first-order valence-corrected chi connectivity index (χ1v) is 5.20. The summed E-state index contributed by atoms with van der Waals surface area (Å²) in [7, 11) is 1.59. The van der Waals surface area contributed by atoms with E-state index < -0.39 is 0 Å². The van der Waals surface area contributed by atoms with Crippen molar-refractivity contribution in [1.29, 1.82) is 0 Å². The first kappa shape index (κ1) is 11.0. The van der Waals surface area contributed by atoms with Gasteiger partial charge in [-0.25, -0.2) is 0 Å². The highest BCUT2D eigenvalue weighted by Crippen LogP contribution is 2.29. The van der Waals surface area contributed by atoms with Crippen LogP contribution in [0.25, 0.3) is 11.3 Å². The molecule has 0 saturated heterocycles. The molecule has 1 aromatic carbocycles. The molecular weight excluding hydrogens is 226 g/mol. The monoisotopic (exact) mass is 237 g/mol. The van der Waals surface area contributed by atoms with Gasteiger partial charge in [0.2, 0.25) is 0 Å². The molecule has 1 heterocycles. The molecule has 2 rings (SSSR count). The van der Waals surface area contributed by atoms with Crippen LogP contribution in [0.5, 0.6) is 5.75 Å². The minimum absolute atomic E-state index is 0.441. The lowest BCUT2D eigenvalue weighted by Gasteiger charge is -2.03. The zero-order chi connectivity index (χ0) is 11.5. The van der Waals surface area contributed by atoms with E-state index in [9.17, 15) is 0 Å². The van der Waals surface area contributed by atoms with Gasteiger partial charge in [0.05, 0.1) is 17.8 Å². The predicted molar refractivity (Wildman–Crippen MR) is 63.5 cm³/mol. The molecule has 2 aromatic rings. The molecule has 0 fully saturated rings. The maximum absolute atomic E-state index is 6.03. The van der Waals surface area contributed by atoms with Gasteiger partial charge in [0, 0.05) is 17.8 Å². The van der Waals surface area contributed by atoms with Crippen molar-refractivity contribution in [3.8, 4) is 17.0 Å². The van der Waals surface area contributed by atoms with Crippen molar-refractivity contribution >= 4 is 11.6 Å². The zero-order valence-electron chi connectivity index (χ0n) is 8.83. The second kappa shape index (κ2) is 4.55. The number of aromatic nitrogens is 2. The van der Waals surface area contributed by atoms with E-state index in [0.29, 0.717) is 17.3 Å². The Morgan fingerprint density at radius 3 is 2.81 bits per heavy atom. The molecule has 5 heteroatoms. The fraction of sp³-hybridized carbons (Fsp3) is 0.182. The molecule has 0 aliphatic rings. The van der Waals surface area contributed by atoms with Gasteiger partial charge in [0.25, 0.3) is 0 Å². The van der Waals surface area contributed by atoms with Crippen LogP contribution in [0.3, 0.4) is 0 Å². The van der Waals surface area contributed by atoms with Crippen LogP contribution >= 0.6 is 11.6 Å². The summed E-state index contributed by atoms with van der Waals surface area (Å²) >= 11 is 6.03. The summed E-state index contributed by atoms with van der Waals surface area (Å²) in [4.78, 5) is 0. The van der Waals surface area contributed by atoms with Crippen molar-refractivity contribution in [1.82, 2.24) is 10.2 Å². The number of H-pyrrole nitrogens is 1. The first-order valence-electron chi connectivity index (χ1n) is 4.83. The summed E-state index contributed by atoms with van der Waals surface area (Å²) in [5.41, 5.74) is 8.15. The summed E-state index contributed by atoms with van der Waals surface area (Å²) in [6, 6.07) is 7.44. The Balaban J connectivity index is 2.37. The molecule has 0 aliphatic carbocycles. The van der Waals surface area contributed by atoms with Gasteiger partial charge in [-0.1, -0.05) is 11.6 Å². The third-order valence-corrected chi connectivity index (χ3v) is 2.59. The number of nitrogens with one attached hydrogen (secondary N) is 1. The smallest absolute Gasteiger partial charge is 0.137 e.